The summed E-state index contributed by atoms with van der Waals surface area (Å²) in [5.41, 5.74) is 1.14. The van der Waals surface area contributed by atoms with Crippen molar-refractivity contribution in [2.75, 3.05) is 11.4 Å². The highest BCUT2D eigenvalue weighted by molar-refractivity contribution is 5.50. The maximum atomic E-state index is 14.0. The van der Waals surface area contributed by atoms with Gasteiger partial charge in [-0.3, -0.25) is 0 Å². The lowest BCUT2D eigenvalue weighted by atomic mass is 10.0. The molecule has 0 spiro atoms. The Hall–Kier alpha value is -2.52. The van der Waals surface area contributed by atoms with Crippen molar-refractivity contribution in [3.05, 3.63) is 59.4 Å². The Morgan fingerprint density at radius 3 is 2.77 bits per heavy atom. The number of rotatable bonds is 2. The van der Waals surface area contributed by atoms with Crippen LogP contribution in [0.1, 0.15) is 23.7 Å². The van der Waals surface area contributed by atoms with Gasteiger partial charge in [0.05, 0.1) is 24.0 Å². The van der Waals surface area contributed by atoms with Gasteiger partial charge in [-0.15, -0.1) is 0 Å². The van der Waals surface area contributed by atoms with Crippen LogP contribution in [0.3, 0.4) is 0 Å². The largest absolute Gasteiger partial charge is 0.391 e. The van der Waals surface area contributed by atoms with E-state index in [0.717, 1.165) is 18.2 Å². The van der Waals surface area contributed by atoms with Crippen LogP contribution in [0.15, 0.2) is 36.5 Å². The third kappa shape index (κ3) is 2.63. The number of nitrogens with zero attached hydrogens (tertiary/aromatic N) is 3. The van der Waals surface area contributed by atoms with Gasteiger partial charge in [0.15, 0.2) is 0 Å². The maximum Gasteiger partial charge on any atom is 0.140 e. The topological polar surface area (TPSA) is 60.2 Å². The lowest BCUT2D eigenvalue weighted by Crippen LogP contribution is -2.25. The highest BCUT2D eigenvalue weighted by Gasteiger charge is 2.34. The summed E-state index contributed by atoms with van der Waals surface area (Å²) in [7, 11) is 0. The van der Waals surface area contributed by atoms with Crippen LogP contribution in [0.25, 0.3) is 0 Å². The van der Waals surface area contributed by atoms with Crippen LogP contribution in [-0.2, 0) is 0 Å². The number of aliphatic hydroxyl groups excluding tert-OH is 1. The molecule has 112 valence electrons. The molecule has 4 nitrogen and oxygen atoms in total. The number of aromatic nitrogens is 1. The number of aliphatic hydroxyl groups is 1. The molecular weight excluding hydrogens is 288 g/mol. The van der Waals surface area contributed by atoms with Crippen LogP contribution < -0.4 is 4.90 Å². The average Bonchev–Trinajstić information content (AvgIpc) is 2.91. The molecule has 2 atom stereocenters. The van der Waals surface area contributed by atoms with E-state index in [2.05, 4.69) is 4.98 Å². The van der Waals surface area contributed by atoms with Crippen LogP contribution in [0.4, 0.5) is 14.5 Å². The van der Waals surface area contributed by atoms with Crippen molar-refractivity contribution in [1.29, 1.82) is 5.26 Å². The number of halogens is 2. The fourth-order valence-electron chi connectivity index (χ4n) is 2.79. The molecule has 1 saturated heterocycles. The van der Waals surface area contributed by atoms with Gasteiger partial charge in [0.1, 0.15) is 23.4 Å². The van der Waals surface area contributed by atoms with Crippen molar-refractivity contribution in [3.8, 4) is 6.07 Å². The van der Waals surface area contributed by atoms with Crippen LogP contribution in [-0.4, -0.2) is 22.7 Å². The Labute approximate surface area is 126 Å². The summed E-state index contributed by atoms with van der Waals surface area (Å²) in [5.74, 6) is -1.03. The summed E-state index contributed by atoms with van der Waals surface area (Å²) < 4.78 is 27.5. The Kier molecular flexibility index (Phi) is 3.73. The van der Waals surface area contributed by atoms with E-state index < -0.39 is 23.8 Å². The average molecular weight is 301 g/mol. The highest BCUT2D eigenvalue weighted by Crippen LogP contribution is 2.37. The molecule has 1 aliphatic rings. The van der Waals surface area contributed by atoms with Gasteiger partial charge in [-0.1, -0.05) is 0 Å². The van der Waals surface area contributed by atoms with Crippen molar-refractivity contribution >= 4 is 5.69 Å². The van der Waals surface area contributed by atoms with Gasteiger partial charge in [-0.25, -0.2) is 13.8 Å². The lowest BCUT2D eigenvalue weighted by molar-refractivity contribution is 0.194. The summed E-state index contributed by atoms with van der Waals surface area (Å²) in [6.07, 6.45) is 1.17. The van der Waals surface area contributed by atoms with E-state index in [4.69, 9.17) is 5.26 Å². The Balaban J connectivity index is 1.98. The summed E-state index contributed by atoms with van der Waals surface area (Å²) in [6.45, 7) is 0.300. The number of anilines is 1. The van der Waals surface area contributed by atoms with E-state index >= 15 is 0 Å². The van der Waals surface area contributed by atoms with Crippen LogP contribution in [0.2, 0.25) is 0 Å². The first-order valence-electron chi connectivity index (χ1n) is 6.84. The molecule has 2 heterocycles. The zero-order valence-electron chi connectivity index (χ0n) is 11.6. The molecule has 1 aromatic carbocycles. The summed E-state index contributed by atoms with van der Waals surface area (Å²) in [6, 6.07) is 8.01. The maximum absolute atomic E-state index is 14.0. The number of hydrogen-bond donors (Lipinski definition) is 1. The molecule has 2 aromatic rings. The van der Waals surface area contributed by atoms with E-state index in [1.54, 1.807) is 17.0 Å². The van der Waals surface area contributed by atoms with Crippen LogP contribution >= 0.6 is 0 Å². The first-order valence-corrected chi connectivity index (χ1v) is 6.84. The second-order valence-electron chi connectivity index (χ2n) is 5.24. The van der Waals surface area contributed by atoms with Gasteiger partial charge in [0.25, 0.3) is 0 Å². The summed E-state index contributed by atoms with van der Waals surface area (Å²) >= 11 is 0. The van der Waals surface area contributed by atoms with Crippen molar-refractivity contribution < 1.29 is 13.9 Å². The molecule has 0 amide bonds. The minimum absolute atomic E-state index is 0.209. The number of hydrogen-bond acceptors (Lipinski definition) is 4. The molecule has 6 heteroatoms. The summed E-state index contributed by atoms with van der Waals surface area (Å²) in [4.78, 5) is 5.76. The molecule has 1 fully saturated rings. The van der Waals surface area contributed by atoms with Gasteiger partial charge >= 0.3 is 0 Å². The SMILES string of the molecule is N#Cc1ccc(N2C[C@@H](O)C[C@@H]2c2cc(F)ccc2F)cn1. The molecule has 1 aliphatic heterocycles. The molecule has 0 unspecified atom stereocenters. The van der Waals surface area contributed by atoms with Gasteiger partial charge in [0.2, 0.25) is 0 Å². The second-order valence-corrected chi connectivity index (χ2v) is 5.24. The lowest BCUT2D eigenvalue weighted by Gasteiger charge is -2.26. The number of pyridine rings is 1. The van der Waals surface area contributed by atoms with E-state index in [1.165, 1.54) is 6.20 Å². The van der Waals surface area contributed by atoms with Crippen molar-refractivity contribution in [1.82, 2.24) is 4.98 Å². The predicted octanol–water partition coefficient (Wildman–Crippen LogP) is 2.54. The van der Waals surface area contributed by atoms with Gasteiger partial charge < -0.3 is 10.0 Å². The molecular formula is C16H13F2N3O. The fourth-order valence-corrected chi connectivity index (χ4v) is 2.79. The Bertz CT molecular complexity index is 727. The third-order valence-corrected chi connectivity index (χ3v) is 3.79. The zero-order valence-corrected chi connectivity index (χ0v) is 11.6. The van der Waals surface area contributed by atoms with Crippen molar-refractivity contribution in [2.45, 2.75) is 18.6 Å². The molecule has 1 aromatic heterocycles. The predicted molar refractivity (Wildman–Crippen MR) is 76.0 cm³/mol. The molecule has 0 saturated carbocycles. The molecule has 22 heavy (non-hydrogen) atoms. The monoisotopic (exact) mass is 301 g/mol. The number of nitriles is 1. The van der Waals surface area contributed by atoms with Crippen LogP contribution in [0.5, 0.6) is 0 Å². The normalized spacial score (nSPS) is 20.9. The molecule has 0 bridgehead atoms. The molecule has 3 rings (SSSR count). The standard InChI is InChI=1S/C16H13F2N3O/c17-10-1-4-15(18)14(5-10)16-6-13(22)9-21(16)12-3-2-11(7-19)20-8-12/h1-5,8,13,16,22H,6,9H2/t13-,16+/m0/s1. The van der Waals surface area contributed by atoms with E-state index in [-0.39, 0.29) is 11.3 Å². The zero-order chi connectivity index (χ0) is 15.7. The third-order valence-electron chi connectivity index (χ3n) is 3.79. The van der Waals surface area contributed by atoms with Crippen LogP contribution in [0, 0.1) is 23.0 Å². The van der Waals surface area contributed by atoms with Gasteiger partial charge in [0, 0.05) is 12.1 Å². The minimum Gasteiger partial charge on any atom is -0.391 e. The van der Waals surface area contributed by atoms with Gasteiger partial charge in [-0.05, 0) is 36.8 Å². The molecule has 1 N–H and O–H groups in total. The second kappa shape index (κ2) is 5.70. The van der Waals surface area contributed by atoms with Crippen molar-refractivity contribution in [2.24, 2.45) is 0 Å². The highest BCUT2D eigenvalue weighted by atomic mass is 19.1. The smallest absolute Gasteiger partial charge is 0.140 e. The first-order chi connectivity index (χ1) is 10.6. The molecule has 0 radical (unpaired) electrons. The van der Waals surface area contributed by atoms with E-state index in [9.17, 15) is 13.9 Å². The number of β-amino-alcohol motifs (C(OH)–C–C–N with tert-alkyl or cyclic N) is 1. The first kappa shape index (κ1) is 14.4. The van der Waals surface area contributed by atoms with E-state index in [1.807, 2.05) is 6.07 Å². The van der Waals surface area contributed by atoms with E-state index in [0.29, 0.717) is 18.7 Å². The Morgan fingerprint density at radius 1 is 1.27 bits per heavy atom. The summed E-state index contributed by atoms with van der Waals surface area (Å²) in [5, 5.41) is 18.7. The van der Waals surface area contributed by atoms with Gasteiger partial charge in [-0.2, -0.15) is 5.26 Å². The number of benzene rings is 1. The van der Waals surface area contributed by atoms with Crippen molar-refractivity contribution in [3.63, 3.8) is 0 Å². The molecule has 0 aliphatic carbocycles. The quantitative estimate of drug-likeness (QED) is 0.926. The fraction of sp³-hybridized carbons (Fsp3) is 0.250. The Morgan fingerprint density at radius 2 is 2.09 bits per heavy atom. The minimum atomic E-state index is -0.636.